The number of halogens is 3. The average Bonchev–Trinajstić information content (AvgIpc) is 2.30. The van der Waals surface area contributed by atoms with Crippen LogP contribution in [0.4, 0.5) is 24.5 Å². The number of rotatable bonds is 7. The molecule has 0 aliphatic carbocycles. The van der Waals surface area contributed by atoms with E-state index in [9.17, 15) is 13.2 Å². The summed E-state index contributed by atoms with van der Waals surface area (Å²) in [6, 6.07) is 2.53. The van der Waals surface area contributed by atoms with Crippen molar-refractivity contribution in [1.29, 1.82) is 0 Å². The van der Waals surface area contributed by atoms with E-state index in [4.69, 9.17) is 10.5 Å². The van der Waals surface area contributed by atoms with Gasteiger partial charge in [-0.05, 0) is 0 Å². The van der Waals surface area contributed by atoms with Gasteiger partial charge in [0.1, 0.15) is 6.61 Å². The molecule has 1 aromatic rings. The van der Waals surface area contributed by atoms with Gasteiger partial charge >= 0.3 is 0 Å². The number of ether oxygens (including phenoxy) is 2. The molecule has 102 valence electrons. The first-order valence-corrected chi connectivity index (χ1v) is 5.27. The first-order chi connectivity index (χ1) is 8.54. The summed E-state index contributed by atoms with van der Waals surface area (Å²) in [7, 11) is 1.34. The fourth-order valence-corrected chi connectivity index (χ4v) is 1.31. The zero-order chi connectivity index (χ0) is 13.5. The Morgan fingerprint density at radius 2 is 2.11 bits per heavy atom. The number of nitrogens with one attached hydrogen (secondary N) is 1. The third-order valence-electron chi connectivity index (χ3n) is 2.13. The fourth-order valence-electron chi connectivity index (χ4n) is 1.31. The van der Waals surface area contributed by atoms with Gasteiger partial charge in [0, 0.05) is 18.7 Å². The maximum Gasteiger partial charge on any atom is 0.261 e. The Balaban J connectivity index is 2.47. The number of anilines is 2. The molecular formula is C11H15F3N2O2. The van der Waals surface area contributed by atoms with Crippen LogP contribution in [-0.4, -0.2) is 33.3 Å². The summed E-state index contributed by atoms with van der Waals surface area (Å²) in [6.07, 6.45) is -2.49. The van der Waals surface area contributed by atoms with Crippen molar-refractivity contribution in [3.05, 3.63) is 17.9 Å². The maximum atomic E-state index is 13.2. The summed E-state index contributed by atoms with van der Waals surface area (Å²) in [4.78, 5) is 0. The molecule has 0 bridgehead atoms. The molecule has 7 heteroatoms. The van der Waals surface area contributed by atoms with Crippen LogP contribution in [0.5, 0.6) is 5.75 Å². The molecule has 0 aliphatic rings. The van der Waals surface area contributed by atoms with Gasteiger partial charge in [-0.2, -0.15) is 0 Å². The zero-order valence-electron chi connectivity index (χ0n) is 9.88. The average molecular weight is 264 g/mol. The summed E-state index contributed by atoms with van der Waals surface area (Å²) >= 11 is 0. The van der Waals surface area contributed by atoms with Gasteiger partial charge in [0.15, 0.2) is 11.6 Å². The number of hydrogen-bond donors (Lipinski definition) is 2. The standard InChI is InChI=1S/C11H15F3N2O2/c1-17-10-5-9(8(15)4-7(10)12)16-2-3-18-6-11(13)14/h4-5,11,16H,2-3,6,15H2,1H3. The largest absolute Gasteiger partial charge is 0.494 e. The lowest BCUT2D eigenvalue weighted by Gasteiger charge is -2.12. The van der Waals surface area contributed by atoms with Crippen molar-refractivity contribution in [2.45, 2.75) is 6.43 Å². The smallest absolute Gasteiger partial charge is 0.261 e. The van der Waals surface area contributed by atoms with E-state index in [-0.39, 0.29) is 24.6 Å². The molecule has 1 aromatic carbocycles. The molecule has 0 fully saturated rings. The van der Waals surface area contributed by atoms with Gasteiger partial charge in [-0.3, -0.25) is 0 Å². The summed E-state index contributed by atoms with van der Waals surface area (Å²) in [5.74, 6) is -0.505. The van der Waals surface area contributed by atoms with Crippen LogP contribution in [0.25, 0.3) is 0 Å². The molecule has 0 heterocycles. The van der Waals surface area contributed by atoms with Gasteiger partial charge in [0.05, 0.1) is 25.1 Å². The van der Waals surface area contributed by atoms with E-state index < -0.39 is 18.8 Å². The number of benzene rings is 1. The van der Waals surface area contributed by atoms with Gasteiger partial charge in [-0.1, -0.05) is 0 Å². The number of nitrogens with two attached hydrogens (primary N) is 1. The van der Waals surface area contributed by atoms with Crippen LogP contribution in [0.1, 0.15) is 0 Å². The van der Waals surface area contributed by atoms with E-state index in [1.54, 1.807) is 0 Å². The SMILES string of the molecule is COc1cc(NCCOCC(F)F)c(N)cc1F. The molecule has 4 nitrogen and oxygen atoms in total. The van der Waals surface area contributed by atoms with Crippen molar-refractivity contribution in [2.24, 2.45) is 0 Å². The van der Waals surface area contributed by atoms with Gasteiger partial charge in [-0.25, -0.2) is 13.2 Å². The van der Waals surface area contributed by atoms with E-state index in [2.05, 4.69) is 10.1 Å². The second-order valence-electron chi connectivity index (χ2n) is 3.47. The Bertz CT molecular complexity index is 389. The Morgan fingerprint density at radius 1 is 1.39 bits per heavy atom. The molecule has 3 N–H and O–H groups in total. The third kappa shape index (κ3) is 4.33. The lowest BCUT2D eigenvalue weighted by Crippen LogP contribution is -2.14. The van der Waals surface area contributed by atoms with E-state index in [0.717, 1.165) is 6.07 Å². The van der Waals surface area contributed by atoms with Crippen LogP contribution < -0.4 is 15.8 Å². The summed E-state index contributed by atoms with van der Waals surface area (Å²) in [5.41, 5.74) is 6.27. The molecule has 0 atom stereocenters. The van der Waals surface area contributed by atoms with Crippen LogP contribution in [0.3, 0.4) is 0 Å². The van der Waals surface area contributed by atoms with Crippen molar-refractivity contribution < 1.29 is 22.6 Å². The predicted molar refractivity (Wildman–Crippen MR) is 62.7 cm³/mol. The number of methoxy groups -OCH3 is 1. The first-order valence-electron chi connectivity index (χ1n) is 5.27. The van der Waals surface area contributed by atoms with E-state index >= 15 is 0 Å². The van der Waals surface area contributed by atoms with Crippen molar-refractivity contribution in [1.82, 2.24) is 0 Å². The second kappa shape index (κ2) is 6.95. The Morgan fingerprint density at radius 3 is 2.72 bits per heavy atom. The lowest BCUT2D eigenvalue weighted by molar-refractivity contribution is 0.0215. The van der Waals surface area contributed by atoms with Gasteiger partial charge < -0.3 is 20.5 Å². The van der Waals surface area contributed by atoms with Crippen molar-refractivity contribution in [3.63, 3.8) is 0 Å². The highest BCUT2D eigenvalue weighted by Crippen LogP contribution is 2.27. The van der Waals surface area contributed by atoms with Gasteiger partial charge in [0.2, 0.25) is 0 Å². The van der Waals surface area contributed by atoms with Crippen LogP contribution in [-0.2, 0) is 4.74 Å². The third-order valence-corrected chi connectivity index (χ3v) is 2.13. The Labute approximate surface area is 103 Å². The molecule has 18 heavy (non-hydrogen) atoms. The molecule has 0 spiro atoms. The highest BCUT2D eigenvalue weighted by atomic mass is 19.3. The van der Waals surface area contributed by atoms with Crippen molar-refractivity contribution in [2.75, 3.05) is 37.9 Å². The minimum absolute atomic E-state index is 0.0557. The molecule has 0 radical (unpaired) electrons. The van der Waals surface area contributed by atoms with E-state index in [0.29, 0.717) is 5.69 Å². The summed E-state index contributed by atoms with van der Waals surface area (Å²) in [6.45, 7) is -0.223. The summed E-state index contributed by atoms with van der Waals surface area (Å²) < 4.78 is 46.2. The lowest BCUT2D eigenvalue weighted by atomic mass is 10.2. The highest BCUT2D eigenvalue weighted by molar-refractivity contribution is 5.68. The molecule has 0 unspecified atom stereocenters. The summed E-state index contributed by atoms with van der Waals surface area (Å²) in [5, 5.41) is 2.85. The Kier molecular flexibility index (Phi) is 5.57. The first kappa shape index (κ1) is 14.4. The molecule has 1 rings (SSSR count). The molecule has 0 aliphatic heterocycles. The Hall–Kier alpha value is -1.63. The van der Waals surface area contributed by atoms with Crippen LogP contribution in [0.15, 0.2) is 12.1 Å². The molecule has 0 amide bonds. The van der Waals surface area contributed by atoms with Crippen molar-refractivity contribution >= 4 is 11.4 Å². The topological polar surface area (TPSA) is 56.5 Å². The number of alkyl halides is 2. The normalized spacial score (nSPS) is 10.7. The van der Waals surface area contributed by atoms with Crippen LogP contribution in [0, 0.1) is 5.82 Å². The molecule has 0 saturated heterocycles. The van der Waals surface area contributed by atoms with Crippen molar-refractivity contribution in [3.8, 4) is 5.75 Å². The van der Waals surface area contributed by atoms with Crippen LogP contribution in [0.2, 0.25) is 0 Å². The predicted octanol–water partition coefficient (Wildman–Crippen LogP) is 2.11. The fraction of sp³-hybridized carbons (Fsp3) is 0.455. The van der Waals surface area contributed by atoms with Gasteiger partial charge in [-0.15, -0.1) is 0 Å². The molecule has 0 saturated carbocycles. The number of nitrogen functional groups attached to an aromatic ring is 1. The second-order valence-corrected chi connectivity index (χ2v) is 3.47. The number of hydrogen-bond acceptors (Lipinski definition) is 4. The zero-order valence-corrected chi connectivity index (χ0v) is 9.88. The monoisotopic (exact) mass is 264 g/mol. The quantitative estimate of drug-likeness (QED) is 0.585. The van der Waals surface area contributed by atoms with Crippen LogP contribution >= 0.6 is 0 Å². The maximum absolute atomic E-state index is 13.2. The molecular weight excluding hydrogens is 249 g/mol. The highest BCUT2D eigenvalue weighted by Gasteiger charge is 2.08. The minimum atomic E-state index is -2.49. The van der Waals surface area contributed by atoms with E-state index in [1.807, 2.05) is 0 Å². The minimum Gasteiger partial charge on any atom is -0.494 e. The molecule has 0 aromatic heterocycles. The van der Waals surface area contributed by atoms with Gasteiger partial charge in [0.25, 0.3) is 6.43 Å². The van der Waals surface area contributed by atoms with E-state index in [1.165, 1.54) is 13.2 Å².